The summed E-state index contributed by atoms with van der Waals surface area (Å²) in [6.45, 7) is 1.98. The van der Waals surface area contributed by atoms with E-state index in [0.717, 1.165) is 5.56 Å². The number of methoxy groups -OCH3 is 1. The average molecular weight is 290 g/mol. The van der Waals surface area contributed by atoms with Crippen LogP contribution >= 0.6 is 11.6 Å². The summed E-state index contributed by atoms with van der Waals surface area (Å²) in [6.07, 6.45) is 1.65. The smallest absolute Gasteiger partial charge is 0.124 e. The van der Waals surface area contributed by atoms with Gasteiger partial charge in [0.25, 0.3) is 0 Å². The van der Waals surface area contributed by atoms with Gasteiger partial charge in [-0.3, -0.25) is 4.99 Å². The minimum atomic E-state index is -0.0159. The van der Waals surface area contributed by atoms with Gasteiger partial charge in [-0.2, -0.15) is 0 Å². The second-order valence-electron chi connectivity index (χ2n) is 4.43. The first-order valence-corrected chi connectivity index (χ1v) is 6.63. The van der Waals surface area contributed by atoms with E-state index < -0.39 is 0 Å². The van der Waals surface area contributed by atoms with E-state index in [4.69, 9.17) is 16.3 Å². The molecule has 0 aliphatic carbocycles. The van der Waals surface area contributed by atoms with Crippen molar-refractivity contribution in [3.05, 3.63) is 58.6 Å². The summed E-state index contributed by atoms with van der Waals surface area (Å²) in [5.41, 5.74) is 1.69. The fraction of sp³-hybridized carbons (Fsp3) is 0.188. The maximum absolute atomic E-state index is 9.79. The SMILES string of the molecule is COc1ccc(O)c(C=N[C@@H](C)c2ccc(Cl)cc2)c1. The molecule has 0 spiro atoms. The lowest BCUT2D eigenvalue weighted by atomic mass is 10.1. The third kappa shape index (κ3) is 3.52. The number of nitrogens with zero attached hydrogens (tertiary/aromatic N) is 1. The van der Waals surface area contributed by atoms with E-state index in [1.165, 1.54) is 0 Å². The molecule has 20 heavy (non-hydrogen) atoms. The number of hydrogen-bond donors (Lipinski definition) is 1. The molecule has 0 fully saturated rings. The van der Waals surface area contributed by atoms with Crippen LogP contribution in [0.25, 0.3) is 0 Å². The Hall–Kier alpha value is -2.00. The van der Waals surface area contributed by atoms with Crippen LogP contribution in [-0.2, 0) is 0 Å². The number of rotatable bonds is 4. The highest BCUT2D eigenvalue weighted by Crippen LogP contribution is 2.23. The minimum absolute atomic E-state index is 0.0159. The van der Waals surface area contributed by atoms with E-state index in [0.29, 0.717) is 16.3 Å². The summed E-state index contributed by atoms with van der Waals surface area (Å²) in [7, 11) is 1.59. The summed E-state index contributed by atoms with van der Waals surface area (Å²) in [6, 6.07) is 12.6. The van der Waals surface area contributed by atoms with Crippen LogP contribution < -0.4 is 4.74 Å². The van der Waals surface area contributed by atoms with Gasteiger partial charge in [0.05, 0.1) is 13.2 Å². The van der Waals surface area contributed by atoms with E-state index in [1.54, 1.807) is 31.5 Å². The van der Waals surface area contributed by atoms with Crippen LogP contribution in [0.1, 0.15) is 24.1 Å². The quantitative estimate of drug-likeness (QED) is 0.856. The fourth-order valence-electron chi connectivity index (χ4n) is 1.78. The Morgan fingerprint density at radius 1 is 1.20 bits per heavy atom. The predicted molar refractivity (Wildman–Crippen MR) is 82.1 cm³/mol. The van der Waals surface area contributed by atoms with Crippen molar-refractivity contribution in [3.63, 3.8) is 0 Å². The zero-order valence-corrected chi connectivity index (χ0v) is 12.1. The number of phenols is 1. The Labute approximate surface area is 123 Å². The van der Waals surface area contributed by atoms with Crippen molar-refractivity contribution in [2.45, 2.75) is 13.0 Å². The van der Waals surface area contributed by atoms with Gasteiger partial charge in [-0.05, 0) is 42.8 Å². The van der Waals surface area contributed by atoms with Crippen LogP contribution in [-0.4, -0.2) is 18.4 Å². The highest BCUT2D eigenvalue weighted by molar-refractivity contribution is 6.30. The van der Waals surface area contributed by atoms with Gasteiger partial charge in [0.15, 0.2) is 0 Å². The summed E-state index contributed by atoms with van der Waals surface area (Å²) in [5.74, 6) is 0.862. The van der Waals surface area contributed by atoms with Crippen LogP contribution in [0.5, 0.6) is 11.5 Å². The summed E-state index contributed by atoms with van der Waals surface area (Å²) < 4.78 is 5.13. The molecule has 0 saturated heterocycles. The van der Waals surface area contributed by atoms with Crippen molar-refractivity contribution in [2.24, 2.45) is 4.99 Å². The normalized spacial score (nSPS) is 12.6. The maximum atomic E-state index is 9.79. The molecular formula is C16H16ClNO2. The van der Waals surface area contributed by atoms with Gasteiger partial charge in [-0.1, -0.05) is 23.7 Å². The summed E-state index contributed by atoms with van der Waals surface area (Å²) in [4.78, 5) is 4.45. The first-order valence-electron chi connectivity index (χ1n) is 6.26. The Morgan fingerprint density at radius 2 is 1.90 bits per heavy atom. The number of phenolic OH excluding ortho intramolecular Hbond substituents is 1. The zero-order chi connectivity index (χ0) is 14.5. The van der Waals surface area contributed by atoms with Gasteiger partial charge in [-0.25, -0.2) is 0 Å². The third-order valence-corrected chi connectivity index (χ3v) is 3.28. The predicted octanol–water partition coefficient (Wildman–Crippen LogP) is 4.23. The summed E-state index contributed by atoms with van der Waals surface area (Å²) in [5, 5.41) is 10.5. The second kappa shape index (κ2) is 6.44. The molecular weight excluding hydrogens is 274 g/mol. The highest BCUT2D eigenvalue weighted by Gasteiger charge is 2.04. The number of aliphatic imine (C=N–C) groups is 1. The molecule has 4 heteroatoms. The molecule has 0 bridgehead atoms. The van der Waals surface area contributed by atoms with Crippen LogP contribution in [0.15, 0.2) is 47.5 Å². The number of hydrogen-bond acceptors (Lipinski definition) is 3. The van der Waals surface area contributed by atoms with Crippen molar-refractivity contribution >= 4 is 17.8 Å². The lowest BCUT2D eigenvalue weighted by molar-refractivity contribution is 0.412. The molecule has 0 aromatic heterocycles. The van der Waals surface area contributed by atoms with Gasteiger partial charge in [-0.15, -0.1) is 0 Å². The van der Waals surface area contributed by atoms with Crippen molar-refractivity contribution in [3.8, 4) is 11.5 Å². The molecule has 0 aliphatic rings. The second-order valence-corrected chi connectivity index (χ2v) is 4.87. The minimum Gasteiger partial charge on any atom is -0.507 e. The van der Waals surface area contributed by atoms with Crippen LogP contribution in [0, 0.1) is 0 Å². The molecule has 0 aliphatic heterocycles. The first-order chi connectivity index (χ1) is 9.60. The molecule has 2 aromatic rings. The van der Waals surface area contributed by atoms with Crippen molar-refractivity contribution in [1.29, 1.82) is 0 Å². The molecule has 0 unspecified atom stereocenters. The largest absolute Gasteiger partial charge is 0.507 e. The summed E-state index contributed by atoms with van der Waals surface area (Å²) >= 11 is 5.86. The Kier molecular flexibility index (Phi) is 4.64. The molecule has 1 N–H and O–H groups in total. The van der Waals surface area contributed by atoms with E-state index in [9.17, 15) is 5.11 Å². The zero-order valence-electron chi connectivity index (χ0n) is 11.4. The lowest BCUT2D eigenvalue weighted by Crippen LogP contribution is -1.92. The van der Waals surface area contributed by atoms with Crippen LogP contribution in [0.3, 0.4) is 0 Å². The first kappa shape index (κ1) is 14.4. The molecule has 104 valence electrons. The van der Waals surface area contributed by atoms with Gasteiger partial charge in [0.2, 0.25) is 0 Å². The van der Waals surface area contributed by atoms with E-state index in [-0.39, 0.29) is 11.8 Å². The molecule has 2 rings (SSSR count). The van der Waals surface area contributed by atoms with Crippen molar-refractivity contribution in [2.75, 3.05) is 7.11 Å². The van der Waals surface area contributed by atoms with Gasteiger partial charge in [0.1, 0.15) is 11.5 Å². The Morgan fingerprint density at radius 3 is 2.55 bits per heavy atom. The number of aromatic hydroxyl groups is 1. The number of ether oxygens (including phenoxy) is 1. The third-order valence-electron chi connectivity index (χ3n) is 3.02. The van der Waals surface area contributed by atoms with Crippen molar-refractivity contribution < 1.29 is 9.84 Å². The molecule has 0 saturated carbocycles. The lowest BCUT2D eigenvalue weighted by Gasteiger charge is -2.07. The van der Waals surface area contributed by atoms with Crippen molar-refractivity contribution in [1.82, 2.24) is 0 Å². The Balaban J connectivity index is 2.18. The van der Waals surface area contributed by atoms with E-state index >= 15 is 0 Å². The van der Waals surface area contributed by atoms with Crippen LogP contribution in [0.2, 0.25) is 5.02 Å². The number of halogens is 1. The molecule has 0 heterocycles. The average Bonchev–Trinajstić information content (AvgIpc) is 2.47. The molecule has 3 nitrogen and oxygen atoms in total. The Bertz CT molecular complexity index is 608. The topological polar surface area (TPSA) is 41.8 Å². The fourth-order valence-corrected chi connectivity index (χ4v) is 1.91. The van der Waals surface area contributed by atoms with Gasteiger partial charge in [0, 0.05) is 16.8 Å². The molecule has 2 aromatic carbocycles. The van der Waals surface area contributed by atoms with Crippen LogP contribution in [0.4, 0.5) is 0 Å². The van der Waals surface area contributed by atoms with Gasteiger partial charge >= 0.3 is 0 Å². The van der Waals surface area contributed by atoms with E-state index in [2.05, 4.69) is 4.99 Å². The molecule has 0 radical (unpaired) electrons. The maximum Gasteiger partial charge on any atom is 0.124 e. The van der Waals surface area contributed by atoms with Gasteiger partial charge < -0.3 is 9.84 Å². The van der Waals surface area contributed by atoms with E-state index in [1.807, 2.05) is 31.2 Å². The monoisotopic (exact) mass is 289 g/mol. The highest BCUT2D eigenvalue weighted by atomic mass is 35.5. The standard InChI is InChI=1S/C16H16ClNO2/c1-11(12-3-5-14(17)6-4-12)18-10-13-9-15(20-2)7-8-16(13)19/h3-11,19H,1-2H3/t11-/m0/s1. The molecule has 0 amide bonds. The number of benzene rings is 2. The molecule has 1 atom stereocenters.